The molecule has 0 spiro atoms. The van der Waals surface area contributed by atoms with Crippen LogP contribution >= 0.6 is 0 Å². The fourth-order valence-corrected chi connectivity index (χ4v) is 2.40. The van der Waals surface area contributed by atoms with Crippen molar-refractivity contribution in [2.24, 2.45) is 0 Å². The van der Waals surface area contributed by atoms with Crippen LogP contribution in [0.5, 0.6) is 0 Å². The number of hydrogen-bond donors (Lipinski definition) is 1. The zero-order chi connectivity index (χ0) is 13.1. The fraction of sp³-hybridized carbons (Fsp3) is 0.333. The van der Waals surface area contributed by atoms with Crippen molar-refractivity contribution in [3.8, 4) is 0 Å². The first kappa shape index (κ1) is 12.1. The molecule has 100 valence electrons. The van der Waals surface area contributed by atoms with Gasteiger partial charge in [0.15, 0.2) is 0 Å². The van der Waals surface area contributed by atoms with Crippen molar-refractivity contribution in [2.45, 2.75) is 0 Å². The molecule has 0 saturated carbocycles. The van der Waals surface area contributed by atoms with Crippen LogP contribution in [0.15, 0.2) is 48.4 Å². The van der Waals surface area contributed by atoms with Gasteiger partial charge in [0.2, 0.25) is 0 Å². The second-order valence-corrected chi connectivity index (χ2v) is 4.72. The van der Waals surface area contributed by atoms with Crippen LogP contribution < -0.4 is 9.80 Å². The smallest absolute Gasteiger partial charge is 0.131 e. The lowest BCUT2D eigenvalue weighted by Gasteiger charge is -2.29. The first-order valence-electron chi connectivity index (χ1n) is 6.60. The van der Waals surface area contributed by atoms with Crippen LogP contribution in [0.3, 0.4) is 0 Å². The minimum atomic E-state index is 0.295. The number of rotatable bonds is 2. The number of morpholine rings is 1. The first-order chi connectivity index (χ1) is 9.33. The van der Waals surface area contributed by atoms with Gasteiger partial charge in [-0.25, -0.2) is 0 Å². The van der Waals surface area contributed by atoms with Crippen molar-refractivity contribution in [3.63, 3.8) is 0 Å². The van der Waals surface area contributed by atoms with E-state index in [-0.39, 0.29) is 0 Å². The van der Waals surface area contributed by atoms with Gasteiger partial charge in [-0.15, -0.1) is 0 Å². The maximum Gasteiger partial charge on any atom is 0.131 e. The third kappa shape index (κ3) is 2.74. The van der Waals surface area contributed by atoms with Crippen molar-refractivity contribution in [2.75, 3.05) is 42.6 Å². The molecule has 1 aromatic carbocycles. The second kappa shape index (κ2) is 5.36. The standard InChI is InChI=1S/C15H18N2O2/c18-15-2-1-7-17(12-15)14-5-3-13(4-6-14)16-8-10-19-11-9-16/h1-6,12,18H,7-11H2. The Bertz CT molecular complexity index is 487. The Morgan fingerprint density at radius 2 is 1.68 bits per heavy atom. The van der Waals surface area contributed by atoms with Crippen molar-refractivity contribution in [3.05, 3.63) is 48.4 Å². The summed E-state index contributed by atoms with van der Waals surface area (Å²) in [5.41, 5.74) is 2.32. The number of aliphatic hydroxyl groups excluding tert-OH is 1. The van der Waals surface area contributed by atoms with Crippen LogP contribution in [0.2, 0.25) is 0 Å². The summed E-state index contributed by atoms with van der Waals surface area (Å²) in [4.78, 5) is 4.36. The van der Waals surface area contributed by atoms with Gasteiger partial charge in [0, 0.05) is 37.2 Å². The Hall–Kier alpha value is -1.94. The molecule has 4 heteroatoms. The van der Waals surface area contributed by atoms with E-state index in [2.05, 4.69) is 29.2 Å². The molecule has 2 heterocycles. The normalized spacial score (nSPS) is 19.5. The summed E-state index contributed by atoms with van der Waals surface area (Å²) in [5, 5.41) is 9.51. The van der Waals surface area contributed by atoms with Crippen LogP contribution in [-0.4, -0.2) is 38.0 Å². The van der Waals surface area contributed by atoms with E-state index in [1.54, 1.807) is 12.3 Å². The molecule has 0 aromatic heterocycles. The van der Waals surface area contributed by atoms with Crippen LogP contribution in [0.4, 0.5) is 11.4 Å². The van der Waals surface area contributed by atoms with Crippen LogP contribution in [-0.2, 0) is 4.74 Å². The molecule has 4 nitrogen and oxygen atoms in total. The summed E-state index contributed by atoms with van der Waals surface area (Å²) in [5.74, 6) is 0.295. The van der Waals surface area contributed by atoms with Crippen LogP contribution in [0, 0.1) is 0 Å². The highest BCUT2D eigenvalue weighted by Gasteiger charge is 2.12. The quantitative estimate of drug-likeness (QED) is 0.883. The lowest BCUT2D eigenvalue weighted by atomic mass is 10.2. The van der Waals surface area contributed by atoms with E-state index in [0.717, 1.165) is 38.5 Å². The van der Waals surface area contributed by atoms with Gasteiger partial charge in [-0.3, -0.25) is 0 Å². The molecule has 0 radical (unpaired) electrons. The van der Waals surface area contributed by atoms with Gasteiger partial charge in [0.25, 0.3) is 0 Å². The molecule has 2 aliphatic heterocycles. The molecule has 0 atom stereocenters. The topological polar surface area (TPSA) is 35.9 Å². The van der Waals surface area contributed by atoms with E-state index >= 15 is 0 Å². The lowest BCUT2D eigenvalue weighted by molar-refractivity contribution is 0.122. The van der Waals surface area contributed by atoms with E-state index in [9.17, 15) is 5.11 Å². The number of nitrogens with zero attached hydrogens (tertiary/aromatic N) is 2. The number of hydrogen-bond acceptors (Lipinski definition) is 4. The third-order valence-electron chi connectivity index (χ3n) is 3.44. The molecular formula is C15H18N2O2. The predicted molar refractivity (Wildman–Crippen MR) is 76.7 cm³/mol. The molecule has 2 aliphatic rings. The predicted octanol–water partition coefficient (Wildman–Crippen LogP) is 2.30. The van der Waals surface area contributed by atoms with E-state index in [4.69, 9.17) is 4.74 Å². The molecule has 0 aliphatic carbocycles. The summed E-state index contributed by atoms with van der Waals surface area (Å²) in [6.07, 6.45) is 5.42. The Morgan fingerprint density at radius 1 is 1.00 bits per heavy atom. The molecule has 1 aromatic rings. The van der Waals surface area contributed by atoms with Gasteiger partial charge in [0.1, 0.15) is 5.76 Å². The highest BCUT2D eigenvalue weighted by molar-refractivity contribution is 5.59. The molecule has 3 rings (SSSR count). The molecule has 0 amide bonds. The highest BCUT2D eigenvalue weighted by atomic mass is 16.5. The van der Waals surface area contributed by atoms with Crippen molar-refractivity contribution < 1.29 is 9.84 Å². The molecule has 0 bridgehead atoms. The van der Waals surface area contributed by atoms with Crippen LogP contribution in [0.1, 0.15) is 0 Å². The minimum Gasteiger partial charge on any atom is -0.506 e. The zero-order valence-electron chi connectivity index (χ0n) is 10.8. The molecule has 19 heavy (non-hydrogen) atoms. The minimum absolute atomic E-state index is 0.295. The number of ether oxygens (including phenoxy) is 1. The number of anilines is 2. The van der Waals surface area contributed by atoms with E-state index in [1.165, 1.54) is 5.69 Å². The SMILES string of the molecule is OC1=CN(c2ccc(N3CCOCC3)cc2)CC=C1. The zero-order valence-corrected chi connectivity index (χ0v) is 10.8. The van der Waals surface area contributed by atoms with E-state index in [1.807, 2.05) is 11.0 Å². The molecule has 1 N–H and O–H groups in total. The maximum atomic E-state index is 9.51. The number of aliphatic hydroxyl groups is 1. The first-order valence-corrected chi connectivity index (χ1v) is 6.60. The fourth-order valence-electron chi connectivity index (χ4n) is 2.40. The Morgan fingerprint density at radius 3 is 2.37 bits per heavy atom. The van der Waals surface area contributed by atoms with Gasteiger partial charge in [-0.1, -0.05) is 6.08 Å². The Kier molecular flexibility index (Phi) is 3.42. The van der Waals surface area contributed by atoms with E-state index < -0.39 is 0 Å². The molecule has 1 fully saturated rings. The van der Waals surface area contributed by atoms with E-state index in [0.29, 0.717) is 5.76 Å². The largest absolute Gasteiger partial charge is 0.506 e. The maximum absolute atomic E-state index is 9.51. The van der Waals surface area contributed by atoms with Gasteiger partial charge >= 0.3 is 0 Å². The van der Waals surface area contributed by atoms with Crippen molar-refractivity contribution in [1.29, 1.82) is 0 Å². The summed E-state index contributed by atoms with van der Waals surface area (Å²) < 4.78 is 5.36. The molecular weight excluding hydrogens is 240 g/mol. The highest BCUT2D eigenvalue weighted by Crippen LogP contribution is 2.23. The average molecular weight is 258 g/mol. The van der Waals surface area contributed by atoms with Gasteiger partial charge < -0.3 is 19.6 Å². The average Bonchev–Trinajstić information content (AvgIpc) is 2.48. The third-order valence-corrected chi connectivity index (χ3v) is 3.44. The van der Waals surface area contributed by atoms with Crippen molar-refractivity contribution >= 4 is 11.4 Å². The van der Waals surface area contributed by atoms with Gasteiger partial charge in [0.05, 0.1) is 13.2 Å². The molecule has 1 saturated heterocycles. The van der Waals surface area contributed by atoms with Gasteiger partial charge in [-0.05, 0) is 30.3 Å². The van der Waals surface area contributed by atoms with Crippen LogP contribution in [0.25, 0.3) is 0 Å². The Labute approximate surface area is 113 Å². The van der Waals surface area contributed by atoms with Gasteiger partial charge in [-0.2, -0.15) is 0 Å². The number of benzene rings is 1. The summed E-state index contributed by atoms with van der Waals surface area (Å²) in [7, 11) is 0. The second-order valence-electron chi connectivity index (χ2n) is 4.72. The monoisotopic (exact) mass is 258 g/mol. The summed E-state index contributed by atoms with van der Waals surface area (Å²) in [6, 6.07) is 8.44. The molecule has 0 unspecified atom stereocenters. The number of allylic oxidation sites excluding steroid dienone is 1. The lowest BCUT2D eigenvalue weighted by Crippen LogP contribution is -2.36. The Balaban J connectivity index is 1.73. The van der Waals surface area contributed by atoms with Crippen molar-refractivity contribution in [1.82, 2.24) is 0 Å². The summed E-state index contributed by atoms with van der Waals surface area (Å²) >= 11 is 0. The summed E-state index contributed by atoms with van der Waals surface area (Å²) in [6.45, 7) is 4.30.